The second-order valence-electron chi connectivity index (χ2n) is 6.56. The van der Waals surface area contributed by atoms with Gasteiger partial charge in [-0.25, -0.2) is 4.68 Å². The molecule has 148 valence electrons. The molecule has 2 heterocycles. The van der Waals surface area contributed by atoms with Gasteiger partial charge in [0.1, 0.15) is 5.75 Å². The topological polar surface area (TPSA) is 74.0 Å². The predicted molar refractivity (Wildman–Crippen MR) is 109 cm³/mol. The number of aromatic nitrogens is 4. The molecular formula is C19H21Cl2N5O2. The molecular weight excluding hydrogens is 401 g/mol. The van der Waals surface area contributed by atoms with Gasteiger partial charge in [0, 0.05) is 5.02 Å². The monoisotopic (exact) mass is 421 g/mol. The van der Waals surface area contributed by atoms with E-state index in [9.17, 15) is 4.79 Å². The van der Waals surface area contributed by atoms with E-state index < -0.39 is 0 Å². The number of aryl methyl sites for hydroxylation is 1. The lowest BCUT2D eigenvalue weighted by Crippen LogP contribution is -2.25. The Balaban J connectivity index is 1.55. The van der Waals surface area contributed by atoms with Gasteiger partial charge in [-0.2, -0.15) is 10.2 Å². The fourth-order valence-corrected chi connectivity index (χ4v) is 2.97. The first-order valence-electron chi connectivity index (χ1n) is 8.74. The molecule has 0 aliphatic rings. The summed E-state index contributed by atoms with van der Waals surface area (Å²) in [5.41, 5.74) is 2.20. The molecule has 0 saturated heterocycles. The first-order chi connectivity index (χ1) is 13.3. The zero-order valence-corrected chi connectivity index (χ0v) is 17.3. The van der Waals surface area contributed by atoms with Crippen LogP contribution in [0.25, 0.3) is 0 Å². The Morgan fingerprint density at radius 2 is 2.11 bits per heavy atom. The van der Waals surface area contributed by atoms with Crippen LogP contribution in [0.4, 0.5) is 5.69 Å². The van der Waals surface area contributed by atoms with Crippen molar-refractivity contribution < 1.29 is 9.53 Å². The van der Waals surface area contributed by atoms with E-state index in [1.165, 1.54) is 0 Å². The fraction of sp³-hybridized carbons (Fsp3) is 0.316. The maximum atomic E-state index is 12.5. The SMILES string of the molecule is Cc1nn(CC(C)C(=O)Nc2cnn(COc3cccc(Cl)c3)c2)c(C)c1Cl. The van der Waals surface area contributed by atoms with Crippen LogP contribution in [0.15, 0.2) is 36.7 Å². The summed E-state index contributed by atoms with van der Waals surface area (Å²) in [4.78, 5) is 12.5. The smallest absolute Gasteiger partial charge is 0.229 e. The molecule has 1 N–H and O–H groups in total. The molecule has 0 spiro atoms. The van der Waals surface area contributed by atoms with Crippen LogP contribution in [0.1, 0.15) is 18.3 Å². The molecule has 28 heavy (non-hydrogen) atoms. The summed E-state index contributed by atoms with van der Waals surface area (Å²) in [6, 6.07) is 7.12. The number of benzene rings is 1. The molecule has 3 rings (SSSR count). The van der Waals surface area contributed by atoms with Gasteiger partial charge in [-0.05, 0) is 32.0 Å². The van der Waals surface area contributed by atoms with E-state index in [0.717, 1.165) is 11.4 Å². The third-order valence-corrected chi connectivity index (χ3v) is 5.03. The molecule has 1 atom stereocenters. The largest absolute Gasteiger partial charge is 0.471 e. The summed E-state index contributed by atoms with van der Waals surface area (Å²) < 4.78 is 8.96. The lowest BCUT2D eigenvalue weighted by molar-refractivity contribution is -0.119. The third kappa shape index (κ3) is 4.85. The van der Waals surface area contributed by atoms with E-state index in [2.05, 4.69) is 15.5 Å². The average molecular weight is 422 g/mol. The number of rotatable bonds is 7. The van der Waals surface area contributed by atoms with E-state index in [1.54, 1.807) is 33.9 Å². The maximum absolute atomic E-state index is 12.5. The Kier molecular flexibility index (Phi) is 6.26. The predicted octanol–water partition coefficient (Wildman–Crippen LogP) is 4.31. The van der Waals surface area contributed by atoms with Crippen LogP contribution in [-0.2, 0) is 18.1 Å². The van der Waals surface area contributed by atoms with Crippen molar-refractivity contribution in [3.05, 3.63) is 58.1 Å². The van der Waals surface area contributed by atoms with E-state index in [0.29, 0.717) is 28.0 Å². The van der Waals surface area contributed by atoms with Crippen LogP contribution >= 0.6 is 23.2 Å². The van der Waals surface area contributed by atoms with Crippen LogP contribution in [0.3, 0.4) is 0 Å². The molecule has 9 heteroatoms. The van der Waals surface area contributed by atoms with Crippen molar-refractivity contribution in [2.75, 3.05) is 5.32 Å². The highest BCUT2D eigenvalue weighted by molar-refractivity contribution is 6.31. The lowest BCUT2D eigenvalue weighted by atomic mass is 10.1. The van der Waals surface area contributed by atoms with E-state index in [4.69, 9.17) is 27.9 Å². The maximum Gasteiger partial charge on any atom is 0.229 e. The summed E-state index contributed by atoms with van der Waals surface area (Å²) >= 11 is 12.1. The van der Waals surface area contributed by atoms with Gasteiger partial charge >= 0.3 is 0 Å². The quantitative estimate of drug-likeness (QED) is 0.616. The van der Waals surface area contributed by atoms with E-state index >= 15 is 0 Å². The van der Waals surface area contributed by atoms with Crippen molar-refractivity contribution >= 4 is 34.8 Å². The van der Waals surface area contributed by atoms with Gasteiger partial charge in [0.05, 0.1) is 47.0 Å². The van der Waals surface area contributed by atoms with Crippen molar-refractivity contribution in [1.82, 2.24) is 19.6 Å². The number of nitrogens with one attached hydrogen (secondary N) is 1. The van der Waals surface area contributed by atoms with Crippen LogP contribution in [0, 0.1) is 19.8 Å². The second kappa shape index (κ2) is 8.67. The summed E-state index contributed by atoms with van der Waals surface area (Å²) in [5.74, 6) is 0.227. The number of ether oxygens (including phenoxy) is 1. The number of carbonyl (C=O) groups is 1. The Morgan fingerprint density at radius 1 is 1.32 bits per heavy atom. The van der Waals surface area contributed by atoms with E-state index in [-0.39, 0.29) is 18.6 Å². The Morgan fingerprint density at radius 3 is 2.79 bits per heavy atom. The zero-order valence-electron chi connectivity index (χ0n) is 15.8. The highest BCUT2D eigenvalue weighted by Gasteiger charge is 2.18. The summed E-state index contributed by atoms with van der Waals surface area (Å²) in [7, 11) is 0. The molecule has 2 aromatic heterocycles. The molecule has 0 aliphatic heterocycles. The van der Waals surface area contributed by atoms with Crippen molar-refractivity contribution in [3.63, 3.8) is 0 Å². The van der Waals surface area contributed by atoms with Gasteiger partial charge in [-0.3, -0.25) is 9.48 Å². The second-order valence-corrected chi connectivity index (χ2v) is 7.37. The standard InChI is InChI=1S/C19H21Cl2N5O2/c1-12(9-26-14(3)18(21)13(2)24-26)19(27)23-16-8-22-25(10-16)11-28-17-6-4-5-15(20)7-17/h4-8,10,12H,9,11H2,1-3H3,(H,23,27). The molecule has 0 saturated carbocycles. The molecule has 7 nitrogen and oxygen atoms in total. The van der Waals surface area contributed by atoms with Crippen molar-refractivity contribution in [2.45, 2.75) is 34.0 Å². The Bertz CT molecular complexity index is 983. The molecule has 0 fully saturated rings. The number of amides is 1. The highest BCUT2D eigenvalue weighted by Crippen LogP contribution is 2.20. The van der Waals surface area contributed by atoms with Gasteiger partial charge in [0.15, 0.2) is 6.73 Å². The van der Waals surface area contributed by atoms with Gasteiger partial charge < -0.3 is 10.1 Å². The van der Waals surface area contributed by atoms with Gasteiger partial charge in [-0.15, -0.1) is 0 Å². The molecule has 3 aromatic rings. The normalized spacial score (nSPS) is 12.0. The number of anilines is 1. The van der Waals surface area contributed by atoms with Gasteiger partial charge in [-0.1, -0.05) is 36.2 Å². The van der Waals surface area contributed by atoms with E-state index in [1.807, 2.05) is 32.9 Å². The summed E-state index contributed by atoms with van der Waals surface area (Å²) in [5, 5.41) is 12.6. The molecule has 0 bridgehead atoms. The minimum atomic E-state index is -0.292. The van der Waals surface area contributed by atoms with Crippen LogP contribution in [0.2, 0.25) is 10.0 Å². The van der Waals surface area contributed by atoms with Crippen LogP contribution in [0.5, 0.6) is 5.75 Å². The van der Waals surface area contributed by atoms with Crippen LogP contribution < -0.4 is 10.1 Å². The third-order valence-electron chi connectivity index (χ3n) is 4.25. The Hall–Kier alpha value is -2.51. The average Bonchev–Trinajstić information content (AvgIpc) is 3.20. The molecule has 1 aromatic carbocycles. The summed E-state index contributed by atoms with van der Waals surface area (Å²) in [6.45, 7) is 6.22. The number of nitrogens with zero attached hydrogens (tertiary/aromatic N) is 4. The molecule has 0 aliphatic carbocycles. The van der Waals surface area contributed by atoms with Gasteiger partial charge in [0.25, 0.3) is 0 Å². The minimum Gasteiger partial charge on any atom is -0.471 e. The zero-order chi connectivity index (χ0) is 20.3. The Labute approximate surface area is 173 Å². The fourth-order valence-electron chi connectivity index (χ4n) is 2.66. The van der Waals surface area contributed by atoms with Crippen LogP contribution in [-0.4, -0.2) is 25.5 Å². The number of hydrogen-bond donors (Lipinski definition) is 1. The first-order valence-corrected chi connectivity index (χ1v) is 9.50. The van der Waals surface area contributed by atoms with Crippen molar-refractivity contribution in [1.29, 1.82) is 0 Å². The lowest BCUT2D eigenvalue weighted by Gasteiger charge is -2.12. The van der Waals surface area contributed by atoms with Gasteiger partial charge in [0.2, 0.25) is 5.91 Å². The number of halogens is 2. The number of hydrogen-bond acceptors (Lipinski definition) is 4. The molecule has 0 radical (unpaired) electrons. The molecule has 1 unspecified atom stereocenters. The highest BCUT2D eigenvalue weighted by atomic mass is 35.5. The first kappa shape index (κ1) is 20.2. The minimum absolute atomic E-state index is 0.126. The van der Waals surface area contributed by atoms with Crippen molar-refractivity contribution in [3.8, 4) is 5.75 Å². The summed E-state index contributed by atoms with van der Waals surface area (Å²) in [6.07, 6.45) is 3.28. The molecule has 1 amide bonds. The van der Waals surface area contributed by atoms with Crippen molar-refractivity contribution in [2.24, 2.45) is 5.92 Å². The number of carbonyl (C=O) groups excluding carboxylic acids is 1.